The van der Waals surface area contributed by atoms with Gasteiger partial charge in [-0.3, -0.25) is 9.48 Å². The fourth-order valence-electron chi connectivity index (χ4n) is 4.02. The van der Waals surface area contributed by atoms with Crippen molar-refractivity contribution in [2.75, 3.05) is 13.1 Å². The minimum absolute atomic E-state index is 0. The highest BCUT2D eigenvalue weighted by Crippen LogP contribution is 2.30. The van der Waals surface area contributed by atoms with E-state index in [1.54, 1.807) is 0 Å². The second kappa shape index (κ2) is 9.02. The number of carbonyl (C=O) groups excluding carboxylic acids is 1. The third-order valence-electron chi connectivity index (χ3n) is 5.38. The van der Waals surface area contributed by atoms with Crippen LogP contribution >= 0.6 is 23.7 Å². The summed E-state index contributed by atoms with van der Waals surface area (Å²) in [7, 11) is 0. The third kappa shape index (κ3) is 4.30. The van der Waals surface area contributed by atoms with Gasteiger partial charge in [0.1, 0.15) is 6.54 Å². The van der Waals surface area contributed by atoms with Crippen LogP contribution in [0, 0.1) is 0 Å². The number of hydrogen-bond donors (Lipinski definition) is 2. The van der Waals surface area contributed by atoms with Gasteiger partial charge in [-0.25, -0.2) is 0 Å². The van der Waals surface area contributed by atoms with Gasteiger partial charge in [-0.2, -0.15) is 5.10 Å². The van der Waals surface area contributed by atoms with Crippen molar-refractivity contribution < 1.29 is 4.79 Å². The van der Waals surface area contributed by atoms with E-state index in [-0.39, 0.29) is 18.3 Å². The fraction of sp³-hybridized carbons (Fsp3) is 0.579. The van der Waals surface area contributed by atoms with Crippen LogP contribution in [0.25, 0.3) is 0 Å². The highest BCUT2D eigenvalue weighted by Gasteiger charge is 2.20. The molecule has 1 saturated heterocycles. The molecule has 2 N–H and O–H groups in total. The SMILES string of the molecule is Cl.O=C(Cn1nccc1C1CCCNC1)NCc1csc2c1CCCC2. The first-order chi connectivity index (χ1) is 12.3. The van der Waals surface area contributed by atoms with E-state index in [9.17, 15) is 4.79 Å². The van der Waals surface area contributed by atoms with Crippen molar-refractivity contribution in [3.8, 4) is 0 Å². The van der Waals surface area contributed by atoms with Crippen LogP contribution in [0.1, 0.15) is 53.3 Å². The molecule has 1 unspecified atom stereocenters. The average Bonchev–Trinajstić information content (AvgIpc) is 3.27. The molecule has 0 saturated carbocycles. The first kappa shape index (κ1) is 19.4. The number of nitrogens with one attached hydrogen (secondary N) is 2. The summed E-state index contributed by atoms with van der Waals surface area (Å²) in [5.41, 5.74) is 3.98. The monoisotopic (exact) mass is 394 g/mol. The molecule has 7 heteroatoms. The van der Waals surface area contributed by atoms with Crippen molar-refractivity contribution in [3.05, 3.63) is 39.3 Å². The zero-order valence-electron chi connectivity index (χ0n) is 15.0. The van der Waals surface area contributed by atoms with E-state index in [0.29, 0.717) is 19.0 Å². The zero-order chi connectivity index (χ0) is 17.1. The summed E-state index contributed by atoms with van der Waals surface area (Å²) >= 11 is 1.85. The number of carbonyl (C=O) groups is 1. The topological polar surface area (TPSA) is 59.0 Å². The standard InChI is InChI=1S/C19H26N4OS.ClH/c24-19(21-11-15-13-25-18-6-2-1-5-16(15)18)12-23-17(7-9-22-23)14-4-3-8-20-10-14;/h7,9,13-14,20H,1-6,8,10-12H2,(H,21,24);1H. The van der Waals surface area contributed by atoms with Crippen LogP contribution in [0.5, 0.6) is 0 Å². The van der Waals surface area contributed by atoms with Crippen LogP contribution in [0.2, 0.25) is 0 Å². The molecule has 3 heterocycles. The van der Waals surface area contributed by atoms with Crippen LogP contribution in [0.15, 0.2) is 17.6 Å². The zero-order valence-corrected chi connectivity index (χ0v) is 16.6. The van der Waals surface area contributed by atoms with Gasteiger partial charge < -0.3 is 10.6 Å². The number of amides is 1. The number of piperidine rings is 1. The lowest BCUT2D eigenvalue weighted by molar-refractivity contribution is -0.122. The number of nitrogens with zero attached hydrogens (tertiary/aromatic N) is 2. The molecule has 4 rings (SSSR count). The fourth-order valence-corrected chi connectivity index (χ4v) is 5.17. The molecule has 0 bridgehead atoms. The first-order valence-electron chi connectivity index (χ1n) is 9.38. The van der Waals surface area contributed by atoms with E-state index < -0.39 is 0 Å². The molecular formula is C19H27ClN4OS. The molecule has 1 fully saturated rings. The normalized spacial score (nSPS) is 19.5. The van der Waals surface area contributed by atoms with Crippen LogP contribution in [-0.4, -0.2) is 28.8 Å². The molecule has 0 aromatic carbocycles. The van der Waals surface area contributed by atoms with Gasteiger partial charge in [0.05, 0.1) is 0 Å². The van der Waals surface area contributed by atoms with Crippen LogP contribution in [0.3, 0.4) is 0 Å². The highest BCUT2D eigenvalue weighted by atomic mass is 35.5. The maximum atomic E-state index is 12.4. The number of aryl methyl sites for hydroxylation is 1. The molecule has 26 heavy (non-hydrogen) atoms. The van der Waals surface area contributed by atoms with Crippen molar-refractivity contribution in [3.63, 3.8) is 0 Å². The Balaban J connectivity index is 0.00000196. The number of hydrogen-bond acceptors (Lipinski definition) is 4. The smallest absolute Gasteiger partial charge is 0.242 e. The Bertz CT molecular complexity index is 736. The van der Waals surface area contributed by atoms with Gasteiger partial charge in [0, 0.05) is 35.8 Å². The minimum atomic E-state index is 0. The number of rotatable bonds is 5. The second-order valence-electron chi connectivity index (χ2n) is 7.10. The quantitative estimate of drug-likeness (QED) is 0.819. The molecular weight excluding hydrogens is 368 g/mol. The number of aromatic nitrogens is 2. The van der Waals surface area contributed by atoms with Crippen molar-refractivity contribution in [2.45, 2.75) is 57.5 Å². The number of halogens is 1. The molecule has 5 nitrogen and oxygen atoms in total. The minimum Gasteiger partial charge on any atom is -0.350 e. The lowest BCUT2D eigenvalue weighted by Crippen LogP contribution is -2.32. The molecule has 1 aliphatic carbocycles. The van der Waals surface area contributed by atoms with Crippen molar-refractivity contribution in [1.29, 1.82) is 0 Å². The predicted octanol–water partition coefficient (Wildman–Crippen LogP) is 3.03. The Morgan fingerprint density at radius 3 is 3.08 bits per heavy atom. The maximum absolute atomic E-state index is 12.4. The summed E-state index contributed by atoms with van der Waals surface area (Å²) in [6.45, 7) is 3.03. The number of thiophene rings is 1. The largest absolute Gasteiger partial charge is 0.350 e. The van der Waals surface area contributed by atoms with Gasteiger partial charge in [-0.15, -0.1) is 23.7 Å². The van der Waals surface area contributed by atoms with E-state index in [0.717, 1.165) is 13.1 Å². The summed E-state index contributed by atoms with van der Waals surface area (Å²) in [5, 5.41) is 13.1. The molecule has 1 amide bonds. The Kier molecular flexibility index (Phi) is 6.73. The summed E-state index contributed by atoms with van der Waals surface area (Å²) in [6, 6.07) is 2.06. The molecule has 2 aromatic heterocycles. The second-order valence-corrected chi connectivity index (χ2v) is 8.07. The highest BCUT2D eigenvalue weighted by molar-refractivity contribution is 7.10. The van der Waals surface area contributed by atoms with Crippen LogP contribution < -0.4 is 10.6 Å². The van der Waals surface area contributed by atoms with E-state index in [4.69, 9.17) is 0 Å². The van der Waals surface area contributed by atoms with E-state index >= 15 is 0 Å². The average molecular weight is 395 g/mol. The molecule has 2 aromatic rings. The number of fused-ring (bicyclic) bond motifs is 1. The van der Waals surface area contributed by atoms with Crippen LogP contribution in [0.4, 0.5) is 0 Å². The summed E-state index contributed by atoms with van der Waals surface area (Å²) in [5.74, 6) is 0.512. The molecule has 0 spiro atoms. The van der Waals surface area contributed by atoms with Crippen LogP contribution in [-0.2, 0) is 30.7 Å². The van der Waals surface area contributed by atoms with Gasteiger partial charge >= 0.3 is 0 Å². The van der Waals surface area contributed by atoms with Crippen molar-refractivity contribution >= 4 is 29.7 Å². The molecule has 0 radical (unpaired) electrons. The lowest BCUT2D eigenvalue weighted by Gasteiger charge is -2.23. The Labute approximate surface area is 165 Å². The molecule has 1 aliphatic heterocycles. The van der Waals surface area contributed by atoms with Crippen molar-refractivity contribution in [2.24, 2.45) is 0 Å². The Hall–Kier alpha value is -1.37. The summed E-state index contributed by atoms with van der Waals surface area (Å²) in [4.78, 5) is 13.9. The Morgan fingerprint density at radius 2 is 2.23 bits per heavy atom. The van der Waals surface area contributed by atoms with E-state index in [2.05, 4.69) is 27.2 Å². The predicted molar refractivity (Wildman–Crippen MR) is 107 cm³/mol. The van der Waals surface area contributed by atoms with E-state index in [1.165, 1.54) is 60.2 Å². The first-order valence-corrected chi connectivity index (χ1v) is 10.3. The molecule has 142 valence electrons. The van der Waals surface area contributed by atoms with Gasteiger partial charge in [0.2, 0.25) is 5.91 Å². The third-order valence-corrected chi connectivity index (χ3v) is 6.52. The molecule has 2 aliphatic rings. The van der Waals surface area contributed by atoms with Gasteiger partial charge in [0.15, 0.2) is 0 Å². The van der Waals surface area contributed by atoms with E-state index in [1.807, 2.05) is 22.2 Å². The van der Waals surface area contributed by atoms with Gasteiger partial charge in [0.25, 0.3) is 0 Å². The molecule has 1 atom stereocenters. The van der Waals surface area contributed by atoms with Gasteiger partial charge in [-0.1, -0.05) is 0 Å². The lowest BCUT2D eigenvalue weighted by atomic mass is 9.96. The van der Waals surface area contributed by atoms with Crippen molar-refractivity contribution in [1.82, 2.24) is 20.4 Å². The Morgan fingerprint density at radius 1 is 1.35 bits per heavy atom. The van der Waals surface area contributed by atoms with Gasteiger partial charge in [-0.05, 0) is 67.6 Å². The maximum Gasteiger partial charge on any atom is 0.242 e. The summed E-state index contributed by atoms with van der Waals surface area (Å²) in [6.07, 6.45) is 9.12. The summed E-state index contributed by atoms with van der Waals surface area (Å²) < 4.78 is 1.87.